The number of nitrogens with zero attached hydrogens (tertiary/aromatic N) is 3. The van der Waals surface area contributed by atoms with Gasteiger partial charge in [-0.15, -0.1) is 0 Å². The van der Waals surface area contributed by atoms with Crippen LogP contribution in [0.4, 0.5) is 13.2 Å². The number of H-pyrrole nitrogens is 1. The predicted molar refractivity (Wildman–Crippen MR) is 98.8 cm³/mol. The third-order valence-corrected chi connectivity index (χ3v) is 7.03. The van der Waals surface area contributed by atoms with Crippen molar-refractivity contribution in [2.24, 2.45) is 0 Å². The zero-order chi connectivity index (χ0) is 21.4. The van der Waals surface area contributed by atoms with Crippen molar-refractivity contribution in [1.82, 2.24) is 19.4 Å². The van der Waals surface area contributed by atoms with E-state index in [-0.39, 0.29) is 31.1 Å². The Hall–Kier alpha value is -2.40. The fourth-order valence-electron chi connectivity index (χ4n) is 3.47. The molecule has 1 amide bonds. The number of aromatic amines is 1. The van der Waals surface area contributed by atoms with E-state index in [9.17, 15) is 26.4 Å². The molecule has 0 unspecified atom stereocenters. The highest BCUT2D eigenvalue weighted by atomic mass is 32.2. The van der Waals surface area contributed by atoms with Gasteiger partial charge in [0.1, 0.15) is 4.90 Å². The van der Waals surface area contributed by atoms with Crippen molar-refractivity contribution in [3.63, 3.8) is 0 Å². The molecule has 7 nitrogen and oxygen atoms in total. The van der Waals surface area contributed by atoms with Gasteiger partial charge in [0, 0.05) is 26.2 Å². The topological polar surface area (TPSA) is 86.4 Å². The number of hydrogen-bond donors (Lipinski definition) is 1. The SMILES string of the molecule is Cc1n[nH]c(C)c1S(=O)(=O)N1CCCN(C(=O)c2ccccc2C(F)(F)F)CC1. The van der Waals surface area contributed by atoms with Crippen molar-refractivity contribution >= 4 is 15.9 Å². The molecule has 158 valence electrons. The number of carbonyl (C=O) groups excluding carboxylic acids is 1. The molecular formula is C18H21F3N4O3S. The third-order valence-electron chi connectivity index (χ3n) is 4.86. The van der Waals surface area contributed by atoms with E-state index in [0.717, 1.165) is 12.1 Å². The van der Waals surface area contributed by atoms with Crippen LogP contribution in [0, 0.1) is 13.8 Å². The summed E-state index contributed by atoms with van der Waals surface area (Å²) in [6, 6.07) is 4.61. The molecule has 0 atom stereocenters. The number of rotatable bonds is 3. The van der Waals surface area contributed by atoms with Gasteiger partial charge < -0.3 is 4.90 Å². The van der Waals surface area contributed by atoms with Crippen LogP contribution in [0.2, 0.25) is 0 Å². The van der Waals surface area contributed by atoms with Crippen LogP contribution < -0.4 is 0 Å². The Kier molecular flexibility index (Phi) is 5.72. The predicted octanol–water partition coefficient (Wildman–Crippen LogP) is 2.58. The van der Waals surface area contributed by atoms with Crippen molar-refractivity contribution in [2.75, 3.05) is 26.2 Å². The maximum absolute atomic E-state index is 13.2. The lowest BCUT2D eigenvalue weighted by Gasteiger charge is -2.23. The first-order chi connectivity index (χ1) is 13.5. The Bertz CT molecular complexity index is 998. The van der Waals surface area contributed by atoms with Crippen molar-refractivity contribution in [3.8, 4) is 0 Å². The van der Waals surface area contributed by atoms with Gasteiger partial charge in [-0.1, -0.05) is 12.1 Å². The highest BCUT2D eigenvalue weighted by molar-refractivity contribution is 7.89. The zero-order valence-electron chi connectivity index (χ0n) is 16.0. The van der Waals surface area contributed by atoms with Gasteiger partial charge in [0.05, 0.1) is 22.5 Å². The molecule has 1 aliphatic rings. The monoisotopic (exact) mass is 430 g/mol. The van der Waals surface area contributed by atoms with E-state index in [2.05, 4.69) is 10.2 Å². The number of benzene rings is 1. The number of hydrogen-bond acceptors (Lipinski definition) is 4. The van der Waals surface area contributed by atoms with Gasteiger partial charge in [-0.2, -0.15) is 22.6 Å². The third kappa shape index (κ3) is 4.15. The van der Waals surface area contributed by atoms with E-state index < -0.39 is 33.2 Å². The molecule has 29 heavy (non-hydrogen) atoms. The van der Waals surface area contributed by atoms with Crippen LogP contribution in [0.5, 0.6) is 0 Å². The smallest absolute Gasteiger partial charge is 0.337 e. The lowest BCUT2D eigenvalue weighted by atomic mass is 10.1. The molecule has 11 heteroatoms. The summed E-state index contributed by atoms with van der Waals surface area (Å²) < 4.78 is 66.9. The maximum atomic E-state index is 13.2. The summed E-state index contributed by atoms with van der Waals surface area (Å²) in [6.07, 6.45) is -4.33. The molecule has 2 aromatic rings. The van der Waals surface area contributed by atoms with Crippen molar-refractivity contribution in [3.05, 3.63) is 46.8 Å². The Morgan fingerprint density at radius 3 is 2.41 bits per heavy atom. The fourth-order valence-corrected chi connectivity index (χ4v) is 5.28. The largest absolute Gasteiger partial charge is 0.417 e. The quantitative estimate of drug-likeness (QED) is 0.811. The highest BCUT2D eigenvalue weighted by Crippen LogP contribution is 2.32. The molecular weight excluding hydrogens is 409 g/mol. The van der Waals surface area contributed by atoms with Gasteiger partial charge in [-0.05, 0) is 32.4 Å². The van der Waals surface area contributed by atoms with E-state index in [1.807, 2.05) is 0 Å². The van der Waals surface area contributed by atoms with E-state index in [4.69, 9.17) is 0 Å². The summed E-state index contributed by atoms with van der Waals surface area (Å²) in [5.41, 5.74) is -0.668. The summed E-state index contributed by atoms with van der Waals surface area (Å²) in [6.45, 7) is 3.51. The first-order valence-electron chi connectivity index (χ1n) is 9.00. The molecule has 1 aromatic heterocycles. The molecule has 1 aliphatic heterocycles. The van der Waals surface area contributed by atoms with Gasteiger partial charge in [0.25, 0.3) is 5.91 Å². The van der Waals surface area contributed by atoms with Crippen LogP contribution in [-0.2, 0) is 16.2 Å². The minimum Gasteiger partial charge on any atom is -0.337 e. The minimum atomic E-state index is -4.65. The van der Waals surface area contributed by atoms with Crippen molar-refractivity contribution in [2.45, 2.75) is 31.3 Å². The molecule has 1 aromatic carbocycles. The highest BCUT2D eigenvalue weighted by Gasteiger charge is 2.37. The van der Waals surface area contributed by atoms with E-state index >= 15 is 0 Å². The maximum Gasteiger partial charge on any atom is 0.417 e. The second kappa shape index (κ2) is 7.79. The minimum absolute atomic E-state index is 0.000200. The van der Waals surface area contributed by atoms with Gasteiger partial charge >= 0.3 is 6.18 Å². The molecule has 0 radical (unpaired) electrons. The Morgan fingerprint density at radius 1 is 1.10 bits per heavy atom. The number of carbonyl (C=O) groups is 1. The zero-order valence-corrected chi connectivity index (χ0v) is 16.8. The fraction of sp³-hybridized carbons (Fsp3) is 0.444. The molecule has 3 rings (SSSR count). The van der Waals surface area contributed by atoms with E-state index in [0.29, 0.717) is 17.8 Å². The van der Waals surface area contributed by atoms with E-state index in [1.165, 1.54) is 21.3 Å². The van der Waals surface area contributed by atoms with E-state index in [1.54, 1.807) is 13.8 Å². The van der Waals surface area contributed by atoms with Crippen molar-refractivity contribution < 1.29 is 26.4 Å². The summed E-state index contributed by atoms with van der Waals surface area (Å²) in [7, 11) is -3.83. The number of amides is 1. The summed E-state index contributed by atoms with van der Waals surface area (Å²) in [5, 5.41) is 6.55. The number of halogens is 3. The number of aromatic nitrogens is 2. The first kappa shape index (κ1) is 21.3. The molecule has 0 saturated carbocycles. The van der Waals surface area contributed by atoms with Crippen LogP contribution in [0.1, 0.15) is 33.7 Å². The normalized spacial score (nSPS) is 16.7. The number of aryl methyl sites for hydroxylation is 2. The van der Waals surface area contributed by atoms with Gasteiger partial charge in [0.15, 0.2) is 0 Å². The van der Waals surface area contributed by atoms with Gasteiger partial charge in [-0.25, -0.2) is 8.42 Å². The number of nitrogens with one attached hydrogen (secondary N) is 1. The standard InChI is InChI=1S/C18H21F3N4O3S/c1-12-16(13(2)23-22-12)29(27,28)25-9-5-8-24(10-11-25)17(26)14-6-3-4-7-15(14)18(19,20)21/h3-4,6-7H,5,8-11H2,1-2H3,(H,22,23). The Morgan fingerprint density at radius 2 is 1.79 bits per heavy atom. The lowest BCUT2D eigenvalue weighted by Crippen LogP contribution is -2.38. The molecule has 0 bridgehead atoms. The Labute approximate surface area is 166 Å². The summed E-state index contributed by atoms with van der Waals surface area (Å²) >= 11 is 0. The lowest BCUT2D eigenvalue weighted by molar-refractivity contribution is -0.138. The van der Waals surface area contributed by atoms with Gasteiger partial charge in [0.2, 0.25) is 10.0 Å². The number of alkyl halides is 3. The van der Waals surface area contributed by atoms with Crippen molar-refractivity contribution in [1.29, 1.82) is 0 Å². The van der Waals surface area contributed by atoms with Crippen LogP contribution in [-0.4, -0.2) is 59.9 Å². The molecule has 1 saturated heterocycles. The molecule has 1 N–H and O–H groups in total. The molecule has 0 spiro atoms. The summed E-state index contributed by atoms with van der Waals surface area (Å²) in [4.78, 5) is 14.1. The summed E-state index contributed by atoms with van der Waals surface area (Å²) in [5.74, 6) is -0.757. The molecule has 1 fully saturated rings. The second-order valence-corrected chi connectivity index (χ2v) is 8.73. The van der Waals surface area contributed by atoms with Gasteiger partial charge in [-0.3, -0.25) is 9.89 Å². The average Bonchev–Trinajstić information content (AvgIpc) is 2.85. The first-order valence-corrected chi connectivity index (χ1v) is 10.4. The molecule has 0 aliphatic carbocycles. The molecule has 2 heterocycles. The van der Waals surface area contributed by atoms with Crippen LogP contribution in [0.25, 0.3) is 0 Å². The number of sulfonamides is 1. The van der Waals surface area contributed by atoms with Crippen LogP contribution in [0.15, 0.2) is 29.2 Å². The Balaban J connectivity index is 1.82. The average molecular weight is 430 g/mol. The van der Waals surface area contributed by atoms with Crippen LogP contribution in [0.3, 0.4) is 0 Å². The van der Waals surface area contributed by atoms with Crippen LogP contribution >= 0.6 is 0 Å². The second-order valence-electron chi connectivity index (χ2n) is 6.86.